The van der Waals surface area contributed by atoms with Gasteiger partial charge in [0.1, 0.15) is 11.5 Å². The van der Waals surface area contributed by atoms with E-state index in [1.54, 1.807) is 0 Å². The molecular formula is C22H29N5O. The minimum Gasteiger partial charge on any atom is -0.465 e. The summed E-state index contributed by atoms with van der Waals surface area (Å²) in [6, 6.07) is 15.3. The van der Waals surface area contributed by atoms with E-state index in [4.69, 9.17) is 9.40 Å². The fourth-order valence-corrected chi connectivity index (χ4v) is 3.94. The van der Waals surface area contributed by atoms with Crippen molar-refractivity contribution in [1.82, 2.24) is 25.3 Å². The van der Waals surface area contributed by atoms with E-state index in [9.17, 15) is 0 Å². The number of rotatable bonds is 6. The summed E-state index contributed by atoms with van der Waals surface area (Å²) in [5.74, 6) is 1.92. The van der Waals surface area contributed by atoms with Gasteiger partial charge >= 0.3 is 0 Å². The van der Waals surface area contributed by atoms with Crippen LogP contribution >= 0.6 is 0 Å². The van der Waals surface area contributed by atoms with Crippen molar-refractivity contribution >= 4 is 0 Å². The third kappa shape index (κ3) is 3.76. The number of imidazole rings is 1. The van der Waals surface area contributed by atoms with Crippen molar-refractivity contribution < 1.29 is 4.42 Å². The van der Waals surface area contributed by atoms with Crippen LogP contribution in [0, 0.1) is 6.92 Å². The van der Waals surface area contributed by atoms with Crippen molar-refractivity contribution in [2.45, 2.75) is 44.9 Å². The minimum absolute atomic E-state index is 0.136. The van der Waals surface area contributed by atoms with Crippen LogP contribution in [0.4, 0.5) is 0 Å². The minimum atomic E-state index is 0.136. The van der Waals surface area contributed by atoms with E-state index < -0.39 is 0 Å². The van der Waals surface area contributed by atoms with Gasteiger partial charge in [-0.1, -0.05) is 30.3 Å². The fraction of sp³-hybridized carbons (Fsp3) is 0.409. The third-order valence-corrected chi connectivity index (χ3v) is 5.43. The van der Waals surface area contributed by atoms with Gasteiger partial charge in [-0.05, 0) is 46.5 Å². The average Bonchev–Trinajstić information content (AvgIpc) is 3.39. The Balaban J connectivity index is 1.73. The predicted molar refractivity (Wildman–Crippen MR) is 111 cm³/mol. The van der Waals surface area contributed by atoms with E-state index in [2.05, 4.69) is 71.7 Å². The first-order valence-electron chi connectivity index (χ1n) is 9.87. The van der Waals surface area contributed by atoms with Crippen LogP contribution in [0.25, 0.3) is 11.3 Å². The summed E-state index contributed by atoms with van der Waals surface area (Å²) in [5, 5.41) is 0. The van der Waals surface area contributed by atoms with E-state index in [1.807, 2.05) is 25.4 Å². The van der Waals surface area contributed by atoms with Gasteiger partial charge < -0.3 is 8.98 Å². The maximum Gasteiger partial charge on any atom is 0.123 e. The molecule has 0 bridgehead atoms. The Morgan fingerprint density at radius 2 is 1.96 bits per heavy atom. The van der Waals surface area contributed by atoms with Gasteiger partial charge in [-0.3, -0.25) is 10.3 Å². The first-order chi connectivity index (χ1) is 13.5. The van der Waals surface area contributed by atoms with Crippen molar-refractivity contribution in [2.24, 2.45) is 0 Å². The molecule has 1 aliphatic rings. The maximum absolute atomic E-state index is 5.95. The first-order valence-corrected chi connectivity index (χ1v) is 9.87. The van der Waals surface area contributed by atoms with Crippen LogP contribution in [0.3, 0.4) is 0 Å². The molecule has 3 unspecified atom stereocenters. The zero-order valence-electron chi connectivity index (χ0n) is 17.0. The van der Waals surface area contributed by atoms with Gasteiger partial charge in [-0.15, -0.1) is 0 Å². The van der Waals surface area contributed by atoms with Gasteiger partial charge in [0, 0.05) is 18.2 Å². The molecule has 0 amide bonds. The molecule has 6 heteroatoms. The lowest BCUT2D eigenvalue weighted by molar-refractivity contribution is 0.227. The topological polar surface area (TPSA) is 58.3 Å². The van der Waals surface area contributed by atoms with Gasteiger partial charge in [0.2, 0.25) is 0 Å². The molecule has 1 fully saturated rings. The van der Waals surface area contributed by atoms with Crippen LogP contribution < -0.4 is 10.9 Å². The van der Waals surface area contributed by atoms with Crippen molar-refractivity contribution in [3.63, 3.8) is 0 Å². The number of likely N-dealkylation sites (N-methyl/N-ethyl adjacent to an activating group) is 1. The van der Waals surface area contributed by atoms with Crippen molar-refractivity contribution in [3.05, 3.63) is 66.0 Å². The Bertz CT molecular complexity index is 914. The number of aryl methyl sites for hydroxylation is 1. The molecule has 0 radical (unpaired) electrons. The smallest absolute Gasteiger partial charge is 0.123 e. The number of furan rings is 1. The Hall–Kier alpha value is -2.41. The average molecular weight is 380 g/mol. The van der Waals surface area contributed by atoms with Crippen LogP contribution in [0.5, 0.6) is 0 Å². The van der Waals surface area contributed by atoms with Crippen molar-refractivity contribution in [1.29, 1.82) is 0 Å². The number of nitrogens with zero attached hydrogens (tertiary/aromatic N) is 3. The Morgan fingerprint density at radius 1 is 1.18 bits per heavy atom. The van der Waals surface area contributed by atoms with Crippen molar-refractivity contribution in [3.8, 4) is 11.3 Å². The molecule has 1 saturated heterocycles. The maximum atomic E-state index is 5.95. The summed E-state index contributed by atoms with van der Waals surface area (Å²) < 4.78 is 8.23. The standard InChI is InChI=1S/C22H29N5O/c1-15-12-18(25-24-15)22-21(17-8-6-5-7-9-17)23-14-27(22)13-19(26(3)4)20-11-10-16(2)28-20/h5-11,14-15,18-19,24-25H,12-13H2,1-4H3. The number of benzene rings is 1. The van der Waals surface area contributed by atoms with Crippen LogP contribution in [-0.2, 0) is 6.54 Å². The second-order valence-corrected chi connectivity index (χ2v) is 7.90. The molecule has 3 atom stereocenters. The summed E-state index contributed by atoms with van der Waals surface area (Å²) in [6.07, 6.45) is 2.99. The highest BCUT2D eigenvalue weighted by Gasteiger charge is 2.30. The highest BCUT2D eigenvalue weighted by Crippen LogP contribution is 2.33. The number of hydrogen-bond acceptors (Lipinski definition) is 5. The lowest BCUT2D eigenvalue weighted by Gasteiger charge is -2.25. The lowest BCUT2D eigenvalue weighted by atomic mass is 10.0. The molecular weight excluding hydrogens is 350 g/mol. The fourth-order valence-electron chi connectivity index (χ4n) is 3.94. The summed E-state index contributed by atoms with van der Waals surface area (Å²) in [6.45, 7) is 4.97. The highest BCUT2D eigenvalue weighted by atomic mass is 16.3. The third-order valence-electron chi connectivity index (χ3n) is 5.43. The quantitative estimate of drug-likeness (QED) is 0.684. The van der Waals surface area contributed by atoms with Crippen molar-refractivity contribution in [2.75, 3.05) is 14.1 Å². The lowest BCUT2D eigenvalue weighted by Crippen LogP contribution is -2.30. The molecule has 3 aromatic rings. The van der Waals surface area contributed by atoms with Gasteiger partial charge in [-0.25, -0.2) is 10.4 Å². The Morgan fingerprint density at radius 3 is 2.57 bits per heavy atom. The Kier molecular flexibility index (Phi) is 5.35. The number of hydrogen-bond donors (Lipinski definition) is 2. The molecule has 4 rings (SSSR count). The SMILES string of the molecule is Cc1ccc(C(Cn2cnc(-c3ccccc3)c2C2CC(C)NN2)N(C)C)o1. The number of hydrazine groups is 1. The monoisotopic (exact) mass is 379 g/mol. The normalized spacial score (nSPS) is 20.8. The second kappa shape index (κ2) is 7.91. The summed E-state index contributed by atoms with van der Waals surface area (Å²) in [5.41, 5.74) is 10.2. The predicted octanol–water partition coefficient (Wildman–Crippen LogP) is 3.68. The van der Waals surface area contributed by atoms with E-state index in [-0.39, 0.29) is 12.1 Å². The van der Waals surface area contributed by atoms with Gasteiger partial charge in [-0.2, -0.15) is 0 Å². The summed E-state index contributed by atoms with van der Waals surface area (Å²) >= 11 is 0. The first kappa shape index (κ1) is 18.9. The van der Waals surface area contributed by atoms with E-state index in [1.165, 1.54) is 5.69 Å². The number of aromatic nitrogens is 2. The van der Waals surface area contributed by atoms with E-state index in [0.717, 1.165) is 35.7 Å². The van der Waals surface area contributed by atoms with Gasteiger partial charge in [0.15, 0.2) is 0 Å². The molecule has 6 nitrogen and oxygen atoms in total. The summed E-state index contributed by atoms with van der Waals surface area (Å²) in [7, 11) is 4.18. The zero-order valence-corrected chi connectivity index (χ0v) is 17.0. The molecule has 0 spiro atoms. The van der Waals surface area contributed by atoms with Gasteiger partial charge in [0.25, 0.3) is 0 Å². The second-order valence-electron chi connectivity index (χ2n) is 7.90. The molecule has 1 aromatic carbocycles. The van der Waals surface area contributed by atoms with Crippen LogP contribution in [0.2, 0.25) is 0 Å². The van der Waals surface area contributed by atoms with Crippen LogP contribution in [0.15, 0.2) is 53.2 Å². The molecule has 2 aromatic heterocycles. The molecule has 0 aliphatic carbocycles. The summed E-state index contributed by atoms with van der Waals surface area (Å²) in [4.78, 5) is 7.01. The van der Waals surface area contributed by atoms with E-state index in [0.29, 0.717) is 6.04 Å². The molecule has 2 N–H and O–H groups in total. The zero-order chi connectivity index (χ0) is 19.7. The van der Waals surface area contributed by atoms with E-state index >= 15 is 0 Å². The van der Waals surface area contributed by atoms with Crippen LogP contribution in [0.1, 0.15) is 42.6 Å². The Labute approximate surface area is 166 Å². The number of nitrogens with one attached hydrogen (secondary N) is 2. The molecule has 148 valence electrons. The van der Waals surface area contributed by atoms with Gasteiger partial charge in [0.05, 0.1) is 29.8 Å². The molecule has 28 heavy (non-hydrogen) atoms. The largest absolute Gasteiger partial charge is 0.465 e. The molecule has 3 heterocycles. The highest BCUT2D eigenvalue weighted by molar-refractivity contribution is 5.62. The van der Waals surface area contributed by atoms with Crippen LogP contribution in [-0.4, -0.2) is 34.6 Å². The molecule has 1 aliphatic heterocycles. The molecule has 0 saturated carbocycles.